The quantitative estimate of drug-likeness (QED) is 0.372. The molecule has 0 saturated heterocycles. The molecule has 3 aromatic rings. The summed E-state index contributed by atoms with van der Waals surface area (Å²) in [6.07, 6.45) is 6.46. The van der Waals surface area contributed by atoms with E-state index < -0.39 is 5.60 Å². The number of carbonyl (C=O) groups is 2. The first-order valence-corrected chi connectivity index (χ1v) is 12.9. The van der Waals surface area contributed by atoms with Gasteiger partial charge in [-0.1, -0.05) is 51.5 Å². The molecule has 1 aromatic carbocycles. The summed E-state index contributed by atoms with van der Waals surface area (Å²) in [4.78, 5) is 32.4. The predicted molar refractivity (Wildman–Crippen MR) is 145 cm³/mol. The summed E-state index contributed by atoms with van der Waals surface area (Å²) in [5.74, 6) is 0.353. The smallest absolute Gasteiger partial charge is 0.312 e. The number of nitrogens with one attached hydrogen (secondary N) is 2. The fourth-order valence-corrected chi connectivity index (χ4v) is 4.22. The summed E-state index contributed by atoms with van der Waals surface area (Å²) in [5.41, 5.74) is 4.31. The number of imidazole rings is 1. The zero-order valence-corrected chi connectivity index (χ0v) is 23.4. The van der Waals surface area contributed by atoms with Crippen molar-refractivity contribution >= 4 is 11.9 Å². The zero-order valence-electron chi connectivity index (χ0n) is 23.4. The summed E-state index contributed by atoms with van der Waals surface area (Å²) < 4.78 is 7.19. The van der Waals surface area contributed by atoms with Crippen LogP contribution in [-0.4, -0.2) is 37.2 Å². The molecular weight excluding hydrogens is 466 g/mol. The third kappa shape index (κ3) is 8.30. The SMILES string of the molecule is CCC(C)(C)Cc1cnc(C(Cc2ccc(-c3cn(C)nc3CC(=O)OC(C)(C)C)cc2)NC(C)=O)[nH]1. The highest BCUT2D eigenvalue weighted by Crippen LogP contribution is 2.27. The van der Waals surface area contributed by atoms with Gasteiger partial charge in [0.25, 0.3) is 0 Å². The van der Waals surface area contributed by atoms with Crippen molar-refractivity contribution in [2.75, 3.05) is 0 Å². The molecule has 37 heavy (non-hydrogen) atoms. The van der Waals surface area contributed by atoms with Crippen LogP contribution in [0.1, 0.15) is 83.7 Å². The molecule has 8 heteroatoms. The van der Waals surface area contributed by atoms with E-state index in [-0.39, 0.29) is 29.8 Å². The molecule has 0 bridgehead atoms. The van der Waals surface area contributed by atoms with Crippen molar-refractivity contribution in [3.63, 3.8) is 0 Å². The third-order valence-corrected chi connectivity index (χ3v) is 6.32. The molecule has 2 aromatic heterocycles. The first-order valence-electron chi connectivity index (χ1n) is 12.9. The Bertz CT molecular complexity index is 1220. The third-order valence-electron chi connectivity index (χ3n) is 6.32. The molecule has 0 aliphatic heterocycles. The number of esters is 1. The van der Waals surface area contributed by atoms with E-state index >= 15 is 0 Å². The van der Waals surface area contributed by atoms with Gasteiger partial charge < -0.3 is 15.0 Å². The number of rotatable bonds is 10. The molecule has 1 unspecified atom stereocenters. The maximum Gasteiger partial charge on any atom is 0.312 e. The molecule has 0 radical (unpaired) electrons. The second-order valence-electron chi connectivity index (χ2n) is 11.6. The van der Waals surface area contributed by atoms with Crippen LogP contribution in [0.4, 0.5) is 0 Å². The topological polar surface area (TPSA) is 102 Å². The Balaban J connectivity index is 1.77. The van der Waals surface area contributed by atoms with Crippen LogP contribution in [0.2, 0.25) is 0 Å². The largest absolute Gasteiger partial charge is 0.460 e. The second kappa shape index (κ2) is 11.3. The standard InChI is InChI=1S/C29H41N5O3/c1-9-29(6,7)16-22-17-30-27(32-22)25(31-19(2)35)14-20-10-12-21(13-11-20)23-18-34(8)33-24(23)15-26(36)37-28(3,4)5/h10-13,17-18,25H,9,14-16H2,1-8H3,(H,30,32)(H,31,35). The molecular formula is C29H41N5O3. The van der Waals surface area contributed by atoms with Gasteiger partial charge in [-0.25, -0.2) is 4.98 Å². The number of ether oxygens (including phenoxy) is 1. The van der Waals surface area contributed by atoms with E-state index in [9.17, 15) is 9.59 Å². The number of carbonyl (C=O) groups excluding carboxylic acids is 2. The van der Waals surface area contributed by atoms with Gasteiger partial charge in [-0.3, -0.25) is 14.3 Å². The van der Waals surface area contributed by atoms with Crippen LogP contribution < -0.4 is 5.32 Å². The van der Waals surface area contributed by atoms with Gasteiger partial charge >= 0.3 is 5.97 Å². The van der Waals surface area contributed by atoms with Crippen LogP contribution in [0.3, 0.4) is 0 Å². The van der Waals surface area contributed by atoms with Gasteiger partial charge in [0.1, 0.15) is 11.4 Å². The fourth-order valence-electron chi connectivity index (χ4n) is 4.22. The van der Waals surface area contributed by atoms with Crippen molar-refractivity contribution in [3.8, 4) is 11.1 Å². The lowest BCUT2D eigenvalue weighted by Gasteiger charge is -2.21. The summed E-state index contributed by atoms with van der Waals surface area (Å²) in [6.45, 7) is 13.7. The fraction of sp³-hybridized carbons (Fsp3) is 0.517. The normalized spacial score (nSPS) is 12.9. The Morgan fingerprint density at radius 1 is 1.14 bits per heavy atom. The predicted octanol–water partition coefficient (Wildman–Crippen LogP) is 5.09. The van der Waals surface area contributed by atoms with Crippen LogP contribution in [-0.2, 0) is 40.6 Å². The number of nitrogens with zero attached hydrogens (tertiary/aromatic N) is 3. The zero-order chi connectivity index (χ0) is 27.4. The number of hydrogen-bond donors (Lipinski definition) is 2. The molecule has 200 valence electrons. The van der Waals surface area contributed by atoms with Gasteiger partial charge in [0.15, 0.2) is 0 Å². The summed E-state index contributed by atoms with van der Waals surface area (Å²) in [7, 11) is 1.84. The lowest BCUT2D eigenvalue weighted by Crippen LogP contribution is -2.28. The number of amides is 1. The Morgan fingerprint density at radius 2 is 1.81 bits per heavy atom. The minimum Gasteiger partial charge on any atom is -0.460 e. The summed E-state index contributed by atoms with van der Waals surface area (Å²) in [6, 6.07) is 7.86. The van der Waals surface area contributed by atoms with Crippen molar-refractivity contribution in [3.05, 3.63) is 59.4 Å². The van der Waals surface area contributed by atoms with Crippen molar-refractivity contribution in [1.29, 1.82) is 0 Å². The van der Waals surface area contributed by atoms with Crippen LogP contribution in [0.25, 0.3) is 11.1 Å². The van der Waals surface area contributed by atoms with E-state index in [1.807, 2.05) is 64.5 Å². The van der Waals surface area contributed by atoms with Crippen molar-refractivity contribution < 1.29 is 14.3 Å². The highest BCUT2D eigenvalue weighted by Gasteiger charge is 2.22. The van der Waals surface area contributed by atoms with Crippen LogP contribution >= 0.6 is 0 Å². The Hall–Kier alpha value is -3.42. The molecule has 3 rings (SSSR count). The van der Waals surface area contributed by atoms with E-state index in [0.717, 1.165) is 41.1 Å². The van der Waals surface area contributed by atoms with Crippen molar-refractivity contribution in [2.24, 2.45) is 12.5 Å². The number of hydrogen-bond acceptors (Lipinski definition) is 5. The average molecular weight is 508 g/mol. The van der Waals surface area contributed by atoms with E-state index in [1.165, 1.54) is 6.92 Å². The molecule has 0 aliphatic rings. The van der Waals surface area contributed by atoms with Crippen LogP contribution in [0.5, 0.6) is 0 Å². The lowest BCUT2D eigenvalue weighted by molar-refractivity contribution is -0.154. The minimum atomic E-state index is -0.543. The van der Waals surface area contributed by atoms with Gasteiger partial charge in [-0.05, 0) is 50.2 Å². The number of aromatic amines is 1. The molecule has 8 nitrogen and oxygen atoms in total. The molecule has 0 fully saturated rings. The number of aromatic nitrogens is 4. The molecule has 0 saturated carbocycles. The molecule has 2 N–H and O–H groups in total. The first kappa shape index (κ1) is 28.2. The van der Waals surface area contributed by atoms with Crippen LogP contribution in [0.15, 0.2) is 36.7 Å². The maximum absolute atomic E-state index is 12.4. The molecule has 1 atom stereocenters. The highest BCUT2D eigenvalue weighted by atomic mass is 16.6. The van der Waals surface area contributed by atoms with Gasteiger partial charge in [-0.15, -0.1) is 0 Å². The second-order valence-corrected chi connectivity index (χ2v) is 11.6. The number of aryl methyl sites for hydroxylation is 1. The van der Waals surface area contributed by atoms with Crippen LogP contribution in [0, 0.1) is 5.41 Å². The van der Waals surface area contributed by atoms with E-state index in [4.69, 9.17) is 4.74 Å². The van der Waals surface area contributed by atoms with Gasteiger partial charge in [0, 0.05) is 37.6 Å². The molecule has 0 aliphatic carbocycles. The minimum absolute atomic E-state index is 0.101. The summed E-state index contributed by atoms with van der Waals surface area (Å²) >= 11 is 0. The average Bonchev–Trinajstić information content (AvgIpc) is 3.38. The molecule has 1 amide bonds. The molecule has 0 spiro atoms. The molecule has 2 heterocycles. The Morgan fingerprint density at radius 3 is 2.41 bits per heavy atom. The van der Waals surface area contributed by atoms with Gasteiger partial charge in [0.05, 0.1) is 18.2 Å². The number of H-pyrrole nitrogens is 1. The van der Waals surface area contributed by atoms with E-state index in [0.29, 0.717) is 12.1 Å². The van der Waals surface area contributed by atoms with Gasteiger partial charge in [0.2, 0.25) is 5.91 Å². The first-order chi connectivity index (χ1) is 17.2. The lowest BCUT2D eigenvalue weighted by atomic mass is 9.85. The maximum atomic E-state index is 12.4. The van der Waals surface area contributed by atoms with Crippen molar-refractivity contribution in [2.45, 2.75) is 85.8 Å². The number of benzene rings is 1. The Kier molecular flexibility index (Phi) is 8.61. The van der Waals surface area contributed by atoms with Gasteiger partial charge in [-0.2, -0.15) is 5.10 Å². The Labute approximate surface area is 220 Å². The monoisotopic (exact) mass is 507 g/mol. The summed E-state index contributed by atoms with van der Waals surface area (Å²) in [5, 5.41) is 7.53. The van der Waals surface area contributed by atoms with E-state index in [1.54, 1.807) is 4.68 Å². The highest BCUT2D eigenvalue weighted by molar-refractivity contribution is 5.77. The van der Waals surface area contributed by atoms with E-state index in [2.05, 4.69) is 41.2 Å². The van der Waals surface area contributed by atoms with Crippen molar-refractivity contribution in [1.82, 2.24) is 25.1 Å².